The van der Waals surface area contributed by atoms with E-state index < -0.39 is 0 Å². The van der Waals surface area contributed by atoms with Crippen molar-refractivity contribution >= 4 is 5.78 Å². The summed E-state index contributed by atoms with van der Waals surface area (Å²) in [5, 5.41) is 0. The van der Waals surface area contributed by atoms with E-state index in [1.165, 1.54) is 0 Å². The molecule has 1 fully saturated rings. The van der Waals surface area contributed by atoms with Gasteiger partial charge in [0.15, 0.2) is 5.78 Å². The Balaban J connectivity index is 2.08. The maximum atomic E-state index is 12.0. The molecule has 0 heterocycles. The van der Waals surface area contributed by atoms with Crippen LogP contribution in [0.25, 0.3) is 0 Å². The van der Waals surface area contributed by atoms with Gasteiger partial charge in [-0.3, -0.25) is 4.79 Å². The van der Waals surface area contributed by atoms with Crippen LogP contribution in [0.3, 0.4) is 0 Å². The molecule has 0 N–H and O–H groups in total. The number of allylic oxidation sites excluding steroid dienone is 4. The first-order chi connectivity index (χ1) is 6.74. The Labute approximate surface area is 83.6 Å². The van der Waals surface area contributed by atoms with Gasteiger partial charge in [-0.15, -0.1) is 0 Å². The number of fused-ring (bicyclic) bond motifs is 5. The highest BCUT2D eigenvalue weighted by atomic mass is 16.5. The van der Waals surface area contributed by atoms with E-state index in [9.17, 15) is 4.79 Å². The Hall–Kier alpha value is -1.05. The van der Waals surface area contributed by atoms with Crippen LogP contribution in [0.15, 0.2) is 23.5 Å². The van der Waals surface area contributed by atoms with Crippen molar-refractivity contribution < 1.29 is 9.53 Å². The molecule has 3 aliphatic carbocycles. The summed E-state index contributed by atoms with van der Waals surface area (Å²) in [6, 6.07) is 0. The van der Waals surface area contributed by atoms with Gasteiger partial charge < -0.3 is 4.74 Å². The summed E-state index contributed by atoms with van der Waals surface area (Å²) < 4.78 is 5.39. The third-order valence-electron chi connectivity index (χ3n) is 4.02. The van der Waals surface area contributed by atoms with Gasteiger partial charge in [0.25, 0.3) is 0 Å². The smallest absolute Gasteiger partial charge is 0.166 e. The predicted octanol–water partition coefficient (Wildman–Crippen LogP) is 1.93. The minimum Gasteiger partial charge on any atom is -0.500 e. The highest BCUT2D eigenvalue weighted by Gasteiger charge is 2.54. The number of rotatable bonds is 1. The monoisotopic (exact) mass is 190 g/mol. The lowest BCUT2D eigenvalue weighted by molar-refractivity contribution is -0.119. The van der Waals surface area contributed by atoms with Gasteiger partial charge in [0.2, 0.25) is 0 Å². The SMILES string of the molecule is COC1=C(C)C(=O)[C@H]2[C@@H]1[C@H]1C=C[C@@H]2C1. The molecule has 0 unspecified atom stereocenters. The molecular weight excluding hydrogens is 176 g/mol. The molecule has 0 radical (unpaired) electrons. The Morgan fingerprint density at radius 3 is 2.57 bits per heavy atom. The van der Waals surface area contributed by atoms with E-state index in [4.69, 9.17) is 4.74 Å². The third-order valence-corrected chi connectivity index (χ3v) is 4.02. The summed E-state index contributed by atoms with van der Waals surface area (Å²) in [7, 11) is 1.68. The number of ketones is 1. The number of carbonyl (C=O) groups excluding carboxylic acids is 1. The maximum absolute atomic E-state index is 12.0. The predicted molar refractivity (Wildman–Crippen MR) is 52.4 cm³/mol. The average molecular weight is 190 g/mol. The molecule has 0 spiro atoms. The second kappa shape index (κ2) is 2.50. The summed E-state index contributed by atoms with van der Waals surface area (Å²) >= 11 is 0. The van der Waals surface area contributed by atoms with Gasteiger partial charge in [-0.1, -0.05) is 12.2 Å². The van der Waals surface area contributed by atoms with Gasteiger partial charge in [-0.2, -0.15) is 0 Å². The molecule has 0 aromatic heterocycles. The van der Waals surface area contributed by atoms with Crippen LogP contribution in [0.4, 0.5) is 0 Å². The van der Waals surface area contributed by atoms with E-state index in [1.54, 1.807) is 7.11 Å². The fourth-order valence-corrected chi connectivity index (χ4v) is 3.45. The van der Waals surface area contributed by atoms with Crippen LogP contribution in [-0.2, 0) is 9.53 Å². The Morgan fingerprint density at radius 2 is 1.93 bits per heavy atom. The first-order valence-corrected chi connectivity index (χ1v) is 5.21. The summed E-state index contributed by atoms with van der Waals surface area (Å²) in [4.78, 5) is 12.0. The van der Waals surface area contributed by atoms with Gasteiger partial charge in [0.1, 0.15) is 5.76 Å². The summed E-state index contributed by atoms with van der Waals surface area (Å²) in [6.07, 6.45) is 5.63. The number of Topliss-reactive ketones (excluding diaryl/α,β-unsaturated/α-hetero) is 1. The molecule has 2 heteroatoms. The fraction of sp³-hybridized carbons (Fsp3) is 0.583. The zero-order valence-corrected chi connectivity index (χ0v) is 8.49. The summed E-state index contributed by atoms with van der Waals surface area (Å²) in [5.41, 5.74) is 0.862. The highest BCUT2D eigenvalue weighted by molar-refractivity contribution is 6.01. The van der Waals surface area contributed by atoms with E-state index in [0.29, 0.717) is 23.5 Å². The van der Waals surface area contributed by atoms with Crippen molar-refractivity contribution in [2.24, 2.45) is 23.7 Å². The third kappa shape index (κ3) is 0.753. The van der Waals surface area contributed by atoms with Crippen LogP contribution in [0, 0.1) is 23.7 Å². The lowest BCUT2D eigenvalue weighted by atomic mass is 9.84. The quantitative estimate of drug-likeness (QED) is 0.590. The van der Waals surface area contributed by atoms with Crippen LogP contribution in [-0.4, -0.2) is 12.9 Å². The molecule has 0 saturated heterocycles. The lowest BCUT2D eigenvalue weighted by Gasteiger charge is -2.21. The normalized spacial score (nSPS) is 43.7. The molecule has 0 aromatic carbocycles. The summed E-state index contributed by atoms with van der Waals surface area (Å²) in [6.45, 7) is 1.90. The van der Waals surface area contributed by atoms with Gasteiger partial charge in [0.05, 0.1) is 7.11 Å². The highest BCUT2D eigenvalue weighted by Crippen LogP contribution is 2.55. The van der Waals surface area contributed by atoms with Gasteiger partial charge >= 0.3 is 0 Å². The molecule has 14 heavy (non-hydrogen) atoms. The number of carbonyl (C=O) groups is 1. The summed E-state index contributed by atoms with van der Waals surface area (Å²) in [5.74, 6) is 2.89. The molecule has 1 saturated carbocycles. The molecule has 3 aliphatic rings. The van der Waals surface area contributed by atoms with Crippen molar-refractivity contribution in [1.82, 2.24) is 0 Å². The molecule has 3 rings (SSSR count). The minimum absolute atomic E-state index is 0.208. The van der Waals surface area contributed by atoms with Crippen molar-refractivity contribution in [2.45, 2.75) is 13.3 Å². The number of ether oxygens (including phenoxy) is 1. The Morgan fingerprint density at radius 1 is 1.29 bits per heavy atom. The van der Waals surface area contributed by atoms with Gasteiger partial charge in [-0.05, 0) is 25.2 Å². The fourth-order valence-electron chi connectivity index (χ4n) is 3.45. The first-order valence-electron chi connectivity index (χ1n) is 5.21. The standard InChI is InChI=1S/C12H14O2/c1-6-11(13)9-7-3-4-8(5-7)10(9)12(6)14-2/h3-4,7-10H,5H2,1-2H3/t7-,8+,9-,10+/m1/s1. The van der Waals surface area contributed by atoms with Crippen molar-refractivity contribution in [1.29, 1.82) is 0 Å². The molecule has 0 amide bonds. The Kier molecular flexibility index (Phi) is 1.48. The first kappa shape index (κ1) is 8.27. The molecule has 2 nitrogen and oxygen atoms in total. The van der Waals surface area contributed by atoms with Crippen molar-refractivity contribution in [3.05, 3.63) is 23.5 Å². The van der Waals surface area contributed by atoms with Crippen LogP contribution < -0.4 is 0 Å². The maximum Gasteiger partial charge on any atom is 0.166 e. The second-order valence-corrected chi connectivity index (χ2v) is 4.56. The van der Waals surface area contributed by atoms with Crippen LogP contribution in [0.1, 0.15) is 13.3 Å². The molecule has 0 aliphatic heterocycles. The van der Waals surface area contributed by atoms with Crippen LogP contribution in [0.5, 0.6) is 0 Å². The topological polar surface area (TPSA) is 26.3 Å². The van der Waals surface area contributed by atoms with Crippen LogP contribution in [0.2, 0.25) is 0 Å². The molecule has 74 valence electrons. The van der Waals surface area contributed by atoms with E-state index in [0.717, 1.165) is 17.8 Å². The van der Waals surface area contributed by atoms with E-state index in [-0.39, 0.29) is 5.92 Å². The molecule has 2 bridgehead atoms. The molecule has 0 aromatic rings. The van der Waals surface area contributed by atoms with E-state index in [1.807, 2.05) is 6.92 Å². The molecular formula is C12H14O2. The zero-order valence-electron chi connectivity index (χ0n) is 8.49. The second-order valence-electron chi connectivity index (χ2n) is 4.56. The Bertz CT molecular complexity index is 365. The van der Waals surface area contributed by atoms with Gasteiger partial charge in [-0.25, -0.2) is 0 Å². The van der Waals surface area contributed by atoms with Gasteiger partial charge in [0, 0.05) is 17.4 Å². The number of methoxy groups -OCH3 is 1. The van der Waals surface area contributed by atoms with E-state index >= 15 is 0 Å². The number of hydrogen-bond acceptors (Lipinski definition) is 2. The number of hydrogen-bond donors (Lipinski definition) is 0. The minimum atomic E-state index is 0.208. The van der Waals surface area contributed by atoms with Crippen molar-refractivity contribution in [2.75, 3.05) is 7.11 Å². The van der Waals surface area contributed by atoms with Crippen molar-refractivity contribution in [3.8, 4) is 0 Å². The lowest BCUT2D eigenvalue weighted by Crippen LogP contribution is -2.22. The molecule has 4 atom stereocenters. The largest absolute Gasteiger partial charge is 0.500 e. The zero-order chi connectivity index (χ0) is 9.87. The van der Waals surface area contributed by atoms with Crippen LogP contribution >= 0.6 is 0 Å². The average Bonchev–Trinajstić information content (AvgIpc) is 2.82. The van der Waals surface area contributed by atoms with E-state index in [2.05, 4.69) is 12.2 Å². The van der Waals surface area contributed by atoms with Crippen molar-refractivity contribution in [3.63, 3.8) is 0 Å².